The van der Waals surface area contributed by atoms with Crippen molar-refractivity contribution in [1.82, 2.24) is 19.9 Å². The molecule has 0 fully saturated rings. The zero-order valence-corrected chi connectivity index (χ0v) is 16.3. The van der Waals surface area contributed by atoms with Gasteiger partial charge in [-0.25, -0.2) is 9.97 Å². The minimum atomic E-state index is -0.498. The number of hydrogen-bond donors (Lipinski definition) is 2. The van der Waals surface area contributed by atoms with Crippen LogP contribution in [0.4, 0.5) is 23.3 Å². The van der Waals surface area contributed by atoms with Crippen LogP contribution in [-0.4, -0.2) is 38.6 Å². The third-order valence-corrected chi connectivity index (χ3v) is 3.87. The average molecular weight is 381 g/mol. The van der Waals surface area contributed by atoms with Crippen LogP contribution in [0.1, 0.15) is 26.3 Å². The summed E-state index contributed by atoms with van der Waals surface area (Å²) in [6, 6.07) is 7.55. The summed E-state index contributed by atoms with van der Waals surface area (Å²) in [4.78, 5) is 30.5. The Kier molecular flexibility index (Phi) is 5.00. The van der Waals surface area contributed by atoms with Gasteiger partial charge in [-0.2, -0.15) is 9.97 Å². The van der Waals surface area contributed by atoms with Gasteiger partial charge in [0.05, 0.1) is 12.6 Å². The van der Waals surface area contributed by atoms with Crippen LogP contribution in [0.2, 0.25) is 0 Å². The molecule has 0 bridgehead atoms. The Balaban J connectivity index is 1.78. The van der Waals surface area contributed by atoms with Crippen molar-refractivity contribution in [3.8, 4) is 0 Å². The smallest absolute Gasteiger partial charge is 0.310 e. The van der Waals surface area contributed by atoms with Crippen molar-refractivity contribution in [3.63, 3.8) is 0 Å². The standard InChI is InChI=1S/C19H23N7O2/c1-19(2,3)28-14(27)9-11-5-7-12(8-6-11)26(4)13-10-22-17-15(23-13)16(20)24-18(21)25-17/h5-8,10H,9H2,1-4H3,(H4,20,21,22,24,25). The molecule has 9 heteroatoms. The van der Waals surface area contributed by atoms with Crippen molar-refractivity contribution >= 4 is 40.4 Å². The first-order chi connectivity index (χ1) is 13.1. The molecule has 3 rings (SSSR count). The van der Waals surface area contributed by atoms with E-state index >= 15 is 0 Å². The first kappa shape index (κ1) is 19.3. The minimum absolute atomic E-state index is 0.0565. The molecule has 0 amide bonds. The molecule has 0 atom stereocenters. The van der Waals surface area contributed by atoms with Gasteiger partial charge in [-0.15, -0.1) is 0 Å². The number of nitrogens with zero attached hydrogens (tertiary/aromatic N) is 5. The Hall–Kier alpha value is -3.49. The van der Waals surface area contributed by atoms with Crippen molar-refractivity contribution < 1.29 is 9.53 Å². The molecule has 2 aromatic heterocycles. The lowest BCUT2D eigenvalue weighted by atomic mass is 10.1. The van der Waals surface area contributed by atoms with Crippen LogP contribution in [0, 0.1) is 0 Å². The van der Waals surface area contributed by atoms with Crippen LogP contribution in [0.25, 0.3) is 11.2 Å². The molecule has 146 valence electrons. The van der Waals surface area contributed by atoms with Crippen molar-refractivity contribution in [2.45, 2.75) is 32.8 Å². The molecule has 0 spiro atoms. The first-order valence-electron chi connectivity index (χ1n) is 8.72. The number of rotatable bonds is 4. The second kappa shape index (κ2) is 7.26. The maximum absolute atomic E-state index is 12.0. The second-order valence-corrected chi connectivity index (χ2v) is 7.36. The highest BCUT2D eigenvalue weighted by molar-refractivity contribution is 5.83. The van der Waals surface area contributed by atoms with Crippen molar-refractivity contribution in [1.29, 1.82) is 0 Å². The Morgan fingerprint density at radius 1 is 1.11 bits per heavy atom. The van der Waals surface area contributed by atoms with Crippen molar-refractivity contribution in [2.24, 2.45) is 0 Å². The van der Waals surface area contributed by atoms with E-state index in [2.05, 4.69) is 19.9 Å². The number of benzene rings is 1. The molecule has 0 unspecified atom stereocenters. The van der Waals surface area contributed by atoms with Crippen LogP contribution in [0.3, 0.4) is 0 Å². The number of aromatic nitrogens is 4. The summed E-state index contributed by atoms with van der Waals surface area (Å²) in [7, 11) is 1.85. The zero-order valence-electron chi connectivity index (χ0n) is 16.3. The Labute approximate surface area is 162 Å². The molecule has 0 aliphatic carbocycles. The summed E-state index contributed by atoms with van der Waals surface area (Å²) in [5, 5.41) is 0. The molecule has 3 aromatic rings. The van der Waals surface area contributed by atoms with E-state index < -0.39 is 5.60 Å². The molecule has 2 heterocycles. The number of hydrogen-bond acceptors (Lipinski definition) is 9. The molecule has 9 nitrogen and oxygen atoms in total. The Morgan fingerprint density at radius 3 is 2.43 bits per heavy atom. The lowest BCUT2D eigenvalue weighted by Crippen LogP contribution is -2.24. The summed E-state index contributed by atoms with van der Waals surface area (Å²) in [5.74, 6) is 0.551. The molecule has 0 saturated carbocycles. The highest BCUT2D eigenvalue weighted by Gasteiger charge is 2.17. The quantitative estimate of drug-likeness (QED) is 0.652. The number of carbonyl (C=O) groups excluding carboxylic acids is 1. The molecule has 0 aliphatic heterocycles. The van der Waals surface area contributed by atoms with E-state index in [0.717, 1.165) is 11.3 Å². The topological polar surface area (TPSA) is 133 Å². The molecule has 0 aliphatic rings. The maximum Gasteiger partial charge on any atom is 0.310 e. The molecule has 4 N–H and O–H groups in total. The predicted molar refractivity (Wildman–Crippen MR) is 108 cm³/mol. The van der Waals surface area contributed by atoms with Gasteiger partial charge >= 0.3 is 5.97 Å². The average Bonchev–Trinajstić information content (AvgIpc) is 2.60. The predicted octanol–water partition coefficient (Wildman–Crippen LogP) is 2.24. The lowest BCUT2D eigenvalue weighted by Gasteiger charge is -2.20. The monoisotopic (exact) mass is 381 g/mol. The molecular weight excluding hydrogens is 358 g/mol. The van der Waals surface area contributed by atoms with E-state index in [1.165, 1.54) is 0 Å². The fourth-order valence-corrected chi connectivity index (χ4v) is 2.61. The molecule has 1 aromatic carbocycles. The van der Waals surface area contributed by atoms with E-state index in [0.29, 0.717) is 17.0 Å². The van der Waals surface area contributed by atoms with Crippen LogP contribution in [0.15, 0.2) is 30.5 Å². The number of nitrogen functional groups attached to an aromatic ring is 2. The first-order valence-corrected chi connectivity index (χ1v) is 8.72. The van der Waals surface area contributed by atoms with E-state index in [9.17, 15) is 4.79 Å². The van der Waals surface area contributed by atoms with Gasteiger partial charge in [-0.05, 0) is 38.5 Å². The van der Waals surface area contributed by atoms with Gasteiger partial charge in [0, 0.05) is 12.7 Å². The van der Waals surface area contributed by atoms with Crippen molar-refractivity contribution in [2.75, 3.05) is 23.4 Å². The van der Waals surface area contributed by atoms with Crippen LogP contribution < -0.4 is 16.4 Å². The molecule has 0 saturated heterocycles. The van der Waals surface area contributed by atoms with Gasteiger partial charge < -0.3 is 21.1 Å². The number of esters is 1. The van der Waals surface area contributed by atoms with Gasteiger partial charge in [-0.3, -0.25) is 4.79 Å². The Morgan fingerprint density at radius 2 is 1.79 bits per heavy atom. The third-order valence-electron chi connectivity index (χ3n) is 3.87. The SMILES string of the molecule is CN(c1ccc(CC(=O)OC(C)(C)C)cc1)c1cnc2nc(N)nc(N)c2n1. The third kappa shape index (κ3) is 4.43. The zero-order chi connectivity index (χ0) is 20.5. The summed E-state index contributed by atoms with van der Waals surface area (Å²) in [6.07, 6.45) is 1.80. The molecular formula is C19H23N7O2. The summed E-state index contributed by atoms with van der Waals surface area (Å²) < 4.78 is 5.35. The van der Waals surface area contributed by atoms with Crippen molar-refractivity contribution in [3.05, 3.63) is 36.0 Å². The summed E-state index contributed by atoms with van der Waals surface area (Å²) >= 11 is 0. The summed E-state index contributed by atoms with van der Waals surface area (Å²) in [5.41, 5.74) is 13.4. The highest BCUT2D eigenvalue weighted by Crippen LogP contribution is 2.24. The minimum Gasteiger partial charge on any atom is -0.460 e. The number of anilines is 4. The van der Waals surface area contributed by atoms with E-state index in [1.807, 2.05) is 57.0 Å². The van der Waals surface area contributed by atoms with Gasteiger partial charge in [-0.1, -0.05) is 12.1 Å². The fraction of sp³-hybridized carbons (Fsp3) is 0.316. The highest BCUT2D eigenvalue weighted by atomic mass is 16.6. The Bertz CT molecular complexity index is 1010. The van der Waals surface area contributed by atoms with Crippen LogP contribution in [-0.2, 0) is 16.0 Å². The number of fused-ring (bicyclic) bond motifs is 1. The lowest BCUT2D eigenvalue weighted by molar-refractivity contribution is -0.153. The number of nitrogens with two attached hydrogens (primary N) is 2. The largest absolute Gasteiger partial charge is 0.460 e. The number of ether oxygens (including phenoxy) is 1. The van der Waals surface area contributed by atoms with Gasteiger partial charge in [0.15, 0.2) is 22.8 Å². The van der Waals surface area contributed by atoms with E-state index in [4.69, 9.17) is 16.2 Å². The maximum atomic E-state index is 12.0. The number of carbonyl (C=O) groups is 1. The second-order valence-electron chi connectivity index (χ2n) is 7.36. The van der Waals surface area contributed by atoms with Crippen LogP contribution in [0.5, 0.6) is 0 Å². The molecule has 28 heavy (non-hydrogen) atoms. The molecule has 0 radical (unpaired) electrons. The normalized spacial score (nSPS) is 11.4. The summed E-state index contributed by atoms with van der Waals surface area (Å²) in [6.45, 7) is 5.54. The fourth-order valence-electron chi connectivity index (χ4n) is 2.61. The van der Waals surface area contributed by atoms with E-state index in [1.54, 1.807) is 6.20 Å². The van der Waals surface area contributed by atoms with Gasteiger partial charge in [0.25, 0.3) is 0 Å². The van der Waals surface area contributed by atoms with E-state index in [-0.39, 0.29) is 24.2 Å². The van der Waals surface area contributed by atoms with Gasteiger partial charge in [0.2, 0.25) is 5.95 Å². The van der Waals surface area contributed by atoms with Crippen LogP contribution >= 0.6 is 0 Å². The van der Waals surface area contributed by atoms with Gasteiger partial charge in [0.1, 0.15) is 5.60 Å².